The first-order valence-electron chi connectivity index (χ1n) is 6.66. The van der Waals surface area contributed by atoms with E-state index in [2.05, 4.69) is 62.3 Å². The van der Waals surface area contributed by atoms with Gasteiger partial charge in [0, 0.05) is 16.5 Å². The molecule has 1 aliphatic carbocycles. The maximum absolute atomic E-state index is 4.50. The average Bonchev–Trinajstić information content (AvgIpc) is 2.67. The Kier molecular flexibility index (Phi) is 2.56. The molecule has 0 unspecified atom stereocenters. The van der Waals surface area contributed by atoms with Gasteiger partial charge in [0.15, 0.2) is 7.05 Å². The molecule has 1 aromatic heterocycles. The van der Waals surface area contributed by atoms with Crippen molar-refractivity contribution in [3.63, 3.8) is 0 Å². The number of benzene rings is 1. The standard InChI is InChI=1S/C17H19N2/c1-12-7-5-6-8-14(12)16-15-13(11-18-19(16)4)9-10-17(15,2)3/h5-11H,1-4H3/q+1. The molecule has 1 aliphatic rings. The number of aromatic nitrogens is 2. The molecule has 19 heavy (non-hydrogen) atoms. The van der Waals surface area contributed by atoms with Crippen molar-refractivity contribution in [2.45, 2.75) is 26.2 Å². The molecule has 0 bridgehead atoms. The Bertz CT molecular complexity index is 682. The Morgan fingerprint density at radius 1 is 1.16 bits per heavy atom. The molecule has 2 heteroatoms. The molecule has 0 fully saturated rings. The smallest absolute Gasteiger partial charge is 0.0861 e. The third-order valence-electron chi connectivity index (χ3n) is 3.94. The highest BCUT2D eigenvalue weighted by Gasteiger charge is 2.34. The van der Waals surface area contributed by atoms with Crippen LogP contribution in [-0.4, -0.2) is 5.10 Å². The van der Waals surface area contributed by atoms with E-state index in [9.17, 15) is 0 Å². The lowest BCUT2D eigenvalue weighted by Gasteiger charge is -2.19. The van der Waals surface area contributed by atoms with Gasteiger partial charge in [0.2, 0.25) is 5.69 Å². The van der Waals surface area contributed by atoms with Gasteiger partial charge in [0.05, 0.1) is 5.56 Å². The van der Waals surface area contributed by atoms with Gasteiger partial charge in [-0.1, -0.05) is 48.9 Å². The number of nitrogens with zero attached hydrogens (tertiary/aromatic N) is 2. The second-order valence-corrected chi connectivity index (χ2v) is 5.82. The van der Waals surface area contributed by atoms with Crippen molar-refractivity contribution in [1.82, 2.24) is 5.10 Å². The van der Waals surface area contributed by atoms with E-state index in [-0.39, 0.29) is 5.41 Å². The maximum atomic E-state index is 4.50. The fourth-order valence-corrected chi connectivity index (χ4v) is 2.90. The number of aryl methyl sites for hydroxylation is 2. The summed E-state index contributed by atoms with van der Waals surface area (Å²) >= 11 is 0. The van der Waals surface area contributed by atoms with Gasteiger partial charge in [-0.25, -0.2) is 0 Å². The summed E-state index contributed by atoms with van der Waals surface area (Å²) in [6.07, 6.45) is 6.41. The second kappa shape index (κ2) is 4.02. The molecule has 0 saturated heterocycles. The highest BCUT2D eigenvalue weighted by atomic mass is 15.2. The zero-order valence-corrected chi connectivity index (χ0v) is 11.9. The molecular weight excluding hydrogens is 232 g/mol. The Balaban J connectivity index is 2.36. The lowest BCUT2D eigenvalue weighted by molar-refractivity contribution is -0.720. The number of allylic oxidation sites excluding steroid dienone is 1. The Labute approximate surface area is 114 Å². The molecule has 0 amide bonds. The normalized spacial score (nSPS) is 15.6. The van der Waals surface area contributed by atoms with Crippen molar-refractivity contribution >= 4 is 6.08 Å². The molecule has 1 aromatic carbocycles. The minimum absolute atomic E-state index is 0.0631. The van der Waals surface area contributed by atoms with Crippen molar-refractivity contribution in [2.24, 2.45) is 7.05 Å². The molecule has 0 aliphatic heterocycles. The molecular formula is C17H19N2+. The maximum Gasteiger partial charge on any atom is 0.243 e. The van der Waals surface area contributed by atoms with E-state index in [4.69, 9.17) is 0 Å². The lowest BCUT2D eigenvalue weighted by Crippen LogP contribution is -2.38. The zero-order chi connectivity index (χ0) is 13.6. The minimum Gasteiger partial charge on any atom is -0.0861 e. The van der Waals surface area contributed by atoms with Crippen LogP contribution in [-0.2, 0) is 12.5 Å². The van der Waals surface area contributed by atoms with Crippen LogP contribution in [0, 0.1) is 6.92 Å². The second-order valence-electron chi connectivity index (χ2n) is 5.82. The molecule has 3 rings (SSSR count). The molecule has 96 valence electrons. The summed E-state index contributed by atoms with van der Waals surface area (Å²) in [4.78, 5) is 0. The van der Waals surface area contributed by atoms with E-state index in [0.717, 1.165) is 0 Å². The van der Waals surface area contributed by atoms with Crippen LogP contribution in [0.5, 0.6) is 0 Å². The van der Waals surface area contributed by atoms with Crippen LogP contribution in [0.15, 0.2) is 36.5 Å². The zero-order valence-electron chi connectivity index (χ0n) is 11.9. The van der Waals surface area contributed by atoms with Crippen LogP contribution in [0.1, 0.15) is 30.5 Å². The van der Waals surface area contributed by atoms with Gasteiger partial charge in [0.25, 0.3) is 0 Å². The lowest BCUT2D eigenvalue weighted by atomic mass is 9.84. The average molecular weight is 251 g/mol. The fraction of sp³-hybridized carbons (Fsp3) is 0.294. The summed E-state index contributed by atoms with van der Waals surface area (Å²) in [7, 11) is 2.02. The first-order valence-corrected chi connectivity index (χ1v) is 6.66. The molecule has 2 nitrogen and oxygen atoms in total. The van der Waals surface area contributed by atoms with Gasteiger partial charge in [-0.05, 0) is 23.7 Å². The van der Waals surface area contributed by atoms with Crippen molar-refractivity contribution in [3.8, 4) is 11.3 Å². The quantitative estimate of drug-likeness (QED) is 0.711. The van der Waals surface area contributed by atoms with Crippen molar-refractivity contribution in [2.75, 3.05) is 0 Å². The highest BCUT2D eigenvalue weighted by molar-refractivity contribution is 5.75. The van der Waals surface area contributed by atoms with Crippen LogP contribution in [0.4, 0.5) is 0 Å². The summed E-state index contributed by atoms with van der Waals surface area (Å²) in [5.74, 6) is 0. The van der Waals surface area contributed by atoms with Crippen LogP contribution in [0.25, 0.3) is 17.3 Å². The van der Waals surface area contributed by atoms with Crippen molar-refractivity contribution in [1.29, 1.82) is 0 Å². The van der Waals surface area contributed by atoms with Crippen LogP contribution >= 0.6 is 0 Å². The summed E-state index contributed by atoms with van der Waals surface area (Å²) < 4.78 is 2.00. The molecule has 0 spiro atoms. The van der Waals surface area contributed by atoms with E-state index in [1.165, 1.54) is 27.9 Å². The number of hydrogen-bond acceptors (Lipinski definition) is 1. The van der Waals surface area contributed by atoms with Gasteiger partial charge >= 0.3 is 0 Å². The Morgan fingerprint density at radius 2 is 1.89 bits per heavy atom. The summed E-state index contributed by atoms with van der Waals surface area (Å²) in [5.41, 5.74) is 6.46. The first kappa shape index (κ1) is 12.1. The topological polar surface area (TPSA) is 16.8 Å². The third-order valence-corrected chi connectivity index (χ3v) is 3.94. The predicted octanol–water partition coefficient (Wildman–Crippen LogP) is 3.19. The summed E-state index contributed by atoms with van der Waals surface area (Å²) in [6.45, 7) is 6.68. The van der Waals surface area contributed by atoms with Crippen molar-refractivity contribution in [3.05, 3.63) is 53.2 Å². The summed E-state index contributed by atoms with van der Waals surface area (Å²) in [5, 5.41) is 4.50. The van der Waals surface area contributed by atoms with Gasteiger partial charge in [-0.2, -0.15) is 0 Å². The predicted molar refractivity (Wildman–Crippen MR) is 77.6 cm³/mol. The van der Waals surface area contributed by atoms with Gasteiger partial charge in [-0.3, -0.25) is 0 Å². The Morgan fingerprint density at radius 3 is 2.63 bits per heavy atom. The molecule has 0 radical (unpaired) electrons. The molecule has 0 saturated carbocycles. The number of hydrogen-bond donors (Lipinski definition) is 0. The van der Waals surface area contributed by atoms with E-state index in [1.54, 1.807) is 0 Å². The largest absolute Gasteiger partial charge is 0.243 e. The van der Waals surface area contributed by atoms with Gasteiger partial charge in [0.1, 0.15) is 6.20 Å². The fourth-order valence-electron chi connectivity index (χ4n) is 2.90. The van der Waals surface area contributed by atoms with Crippen LogP contribution in [0.3, 0.4) is 0 Å². The van der Waals surface area contributed by atoms with Crippen molar-refractivity contribution < 1.29 is 4.68 Å². The van der Waals surface area contributed by atoms with Gasteiger partial charge < -0.3 is 0 Å². The Hall–Kier alpha value is -1.96. The van der Waals surface area contributed by atoms with E-state index in [1.807, 2.05) is 17.9 Å². The summed E-state index contributed by atoms with van der Waals surface area (Å²) in [6, 6.07) is 8.51. The molecule has 2 aromatic rings. The first-order chi connectivity index (χ1) is 9.00. The number of rotatable bonds is 1. The number of fused-ring (bicyclic) bond motifs is 1. The molecule has 0 N–H and O–H groups in total. The van der Waals surface area contributed by atoms with E-state index < -0.39 is 0 Å². The SMILES string of the molecule is Cc1ccccc1-c1c2c(cn[n+]1C)C=CC2(C)C. The van der Waals surface area contributed by atoms with E-state index >= 15 is 0 Å². The third kappa shape index (κ3) is 1.79. The molecule has 0 atom stereocenters. The minimum atomic E-state index is 0.0631. The molecule has 1 heterocycles. The van der Waals surface area contributed by atoms with E-state index in [0.29, 0.717) is 0 Å². The monoisotopic (exact) mass is 251 g/mol. The van der Waals surface area contributed by atoms with Crippen LogP contribution < -0.4 is 4.68 Å². The van der Waals surface area contributed by atoms with Gasteiger partial charge in [-0.15, -0.1) is 0 Å². The van der Waals surface area contributed by atoms with Crippen LogP contribution in [0.2, 0.25) is 0 Å². The highest BCUT2D eigenvalue weighted by Crippen LogP contribution is 2.40.